The summed E-state index contributed by atoms with van der Waals surface area (Å²) in [5.74, 6) is -0.341. The molecule has 0 spiro atoms. The molecule has 30 heavy (non-hydrogen) atoms. The van der Waals surface area contributed by atoms with Gasteiger partial charge < -0.3 is 9.64 Å². The Labute approximate surface area is 178 Å². The van der Waals surface area contributed by atoms with Gasteiger partial charge in [-0.05, 0) is 31.0 Å². The first kappa shape index (κ1) is 20.3. The molecule has 2 aliphatic rings. The third-order valence-electron chi connectivity index (χ3n) is 5.59. The summed E-state index contributed by atoms with van der Waals surface area (Å²) in [5, 5.41) is 12.5. The van der Waals surface area contributed by atoms with Crippen LogP contribution in [0.5, 0.6) is 5.88 Å². The average molecular weight is 429 g/mol. The van der Waals surface area contributed by atoms with E-state index >= 15 is 0 Å². The molecule has 0 saturated heterocycles. The molecule has 0 fully saturated rings. The number of pyridine rings is 2. The van der Waals surface area contributed by atoms with Gasteiger partial charge in [-0.1, -0.05) is 24.9 Å². The number of ether oxygens (including phenoxy) is 1. The van der Waals surface area contributed by atoms with Crippen molar-refractivity contribution in [3.63, 3.8) is 0 Å². The minimum atomic E-state index is -0.674. The van der Waals surface area contributed by atoms with Gasteiger partial charge >= 0.3 is 0 Å². The van der Waals surface area contributed by atoms with Gasteiger partial charge in [0.05, 0.1) is 34.1 Å². The first-order valence-corrected chi connectivity index (χ1v) is 10.2. The van der Waals surface area contributed by atoms with Crippen LogP contribution >= 0.6 is 11.6 Å². The first-order chi connectivity index (χ1) is 14.4. The maximum Gasteiger partial charge on any atom is 0.274 e. The van der Waals surface area contributed by atoms with Crippen molar-refractivity contribution in [1.82, 2.24) is 14.9 Å². The van der Waals surface area contributed by atoms with Crippen LogP contribution < -0.4 is 4.74 Å². The number of halogens is 1. The molecule has 2 aromatic rings. The Hall–Kier alpha value is -3.00. The second kappa shape index (κ2) is 8.02. The molecule has 2 unspecified atom stereocenters. The van der Waals surface area contributed by atoms with Crippen LogP contribution in [0.1, 0.15) is 53.8 Å². The first-order valence-electron chi connectivity index (χ1n) is 9.83. The highest BCUT2D eigenvalue weighted by Crippen LogP contribution is 2.49. The number of hydrogen-bond acceptors (Lipinski definition) is 6. The number of fused-ring (bicyclic) bond motifs is 4. The monoisotopic (exact) mass is 428 g/mol. The van der Waals surface area contributed by atoms with Gasteiger partial charge in [0, 0.05) is 30.3 Å². The summed E-state index contributed by atoms with van der Waals surface area (Å²) >= 11 is 6.14. The maximum atomic E-state index is 13.0. The molecular formula is C21H21ClN4O4. The van der Waals surface area contributed by atoms with E-state index in [1.165, 1.54) is 11.1 Å². The Bertz CT molecular complexity index is 1060. The summed E-state index contributed by atoms with van der Waals surface area (Å²) in [4.78, 5) is 35.0. The highest BCUT2D eigenvalue weighted by Gasteiger charge is 2.50. The molecule has 1 amide bonds. The fourth-order valence-electron chi connectivity index (χ4n) is 4.12. The van der Waals surface area contributed by atoms with Crippen LogP contribution in [0.25, 0.3) is 5.57 Å². The van der Waals surface area contributed by atoms with E-state index in [1.807, 2.05) is 0 Å². The van der Waals surface area contributed by atoms with E-state index in [4.69, 9.17) is 16.3 Å². The molecule has 1 aliphatic carbocycles. The molecule has 156 valence electrons. The van der Waals surface area contributed by atoms with E-state index < -0.39 is 16.9 Å². The van der Waals surface area contributed by atoms with Gasteiger partial charge in [0.15, 0.2) is 0 Å². The minimum absolute atomic E-state index is 0.0321. The van der Waals surface area contributed by atoms with Crippen molar-refractivity contribution in [1.29, 1.82) is 0 Å². The van der Waals surface area contributed by atoms with Crippen LogP contribution in [0.3, 0.4) is 0 Å². The number of unbranched alkanes of at least 4 members (excludes halogenated alkanes) is 1. The van der Waals surface area contributed by atoms with E-state index in [9.17, 15) is 14.9 Å². The number of likely N-dealkylation sites (N-methyl/N-ethyl adjacent to an activating group) is 1. The van der Waals surface area contributed by atoms with Crippen LogP contribution in [0.4, 0.5) is 0 Å². The van der Waals surface area contributed by atoms with E-state index in [2.05, 4.69) is 16.9 Å². The molecule has 8 nitrogen and oxygen atoms in total. The number of carbonyl (C=O) groups is 1. The number of nitrogens with zero attached hydrogens (tertiary/aromatic N) is 4. The van der Waals surface area contributed by atoms with Crippen molar-refractivity contribution in [3.8, 4) is 5.88 Å². The number of rotatable bonds is 6. The lowest BCUT2D eigenvalue weighted by atomic mass is 9.91. The highest BCUT2D eigenvalue weighted by atomic mass is 35.5. The molecule has 0 radical (unpaired) electrons. The second-order valence-corrected chi connectivity index (χ2v) is 7.86. The zero-order valence-corrected chi connectivity index (χ0v) is 17.4. The van der Waals surface area contributed by atoms with Gasteiger partial charge in [-0.3, -0.25) is 19.9 Å². The summed E-state index contributed by atoms with van der Waals surface area (Å²) in [6.07, 6.45) is 3.75. The second-order valence-electron chi connectivity index (χ2n) is 7.42. The summed E-state index contributed by atoms with van der Waals surface area (Å²) in [6, 6.07) is 5.92. The summed E-state index contributed by atoms with van der Waals surface area (Å²) < 4.78 is 5.73. The van der Waals surface area contributed by atoms with E-state index in [0.29, 0.717) is 46.5 Å². The molecule has 4 rings (SSSR count). The van der Waals surface area contributed by atoms with E-state index in [-0.39, 0.29) is 11.6 Å². The molecule has 0 N–H and O–H groups in total. The topological polar surface area (TPSA) is 98.5 Å². The molecule has 2 atom stereocenters. The van der Waals surface area contributed by atoms with E-state index in [0.717, 1.165) is 12.8 Å². The number of allylic oxidation sites excluding steroid dienone is 1. The lowest BCUT2D eigenvalue weighted by Gasteiger charge is -2.23. The van der Waals surface area contributed by atoms with Crippen LogP contribution in [-0.2, 0) is 0 Å². The fraction of sp³-hybridized carbons (Fsp3) is 0.381. The highest BCUT2D eigenvalue weighted by molar-refractivity contribution is 6.30. The lowest BCUT2D eigenvalue weighted by molar-refractivity contribution is -0.430. The average Bonchev–Trinajstić information content (AvgIpc) is 3.09. The maximum absolute atomic E-state index is 13.0. The van der Waals surface area contributed by atoms with Crippen LogP contribution in [0.15, 0.2) is 36.2 Å². The van der Waals surface area contributed by atoms with Gasteiger partial charge in [-0.15, -0.1) is 0 Å². The number of carbonyl (C=O) groups excluding carboxylic acids is 1. The predicted molar refractivity (Wildman–Crippen MR) is 111 cm³/mol. The summed E-state index contributed by atoms with van der Waals surface area (Å²) in [5.41, 5.74) is 1.75. The Morgan fingerprint density at radius 2 is 2.17 bits per heavy atom. The number of nitro groups is 1. The molecule has 1 aliphatic heterocycles. The Balaban J connectivity index is 1.89. The molecule has 2 aromatic heterocycles. The van der Waals surface area contributed by atoms with Gasteiger partial charge in [0.1, 0.15) is 6.04 Å². The number of amides is 1. The third-order valence-corrected chi connectivity index (χ3v) is 5.82. The number of hydrogen-bond donors (Lipinski definition) is 0. The quantitative estimate of drug-likeness (QED) is 0.392. The largest absolute Gasteiger partial charge is 0.478 e. The van der Waals surface area contributed by atoms with Gasteiger partial charge in [-0.2, -0.15) is 0 Å². The molecule has 0 saturated carbocycles. The summed E-state index contributed by atoms with van der Waals surface area (Å²) in [7, 11) is 1.59. The third kappa shape index (κ3) is 3.41. The van der Waals surface area contributed by atoms with Crippen molar-refractivity contribution in [2.24, 2.45) is 0 Å². The van der Waals surface area contributed by atoms with Crippen molar-refractivity contribution in [3.05, 3.63) is 68.2 Å². The normalized spacial score (nSPS) is 20.2. The van der Waals surface area contributed by atoms with Crippen molar-refractivity contribution in [2.45, 2.75) is 38.1 Å². The van der Waals surface area contributed by atoms with Gasteiger partial charge in [0.2, 0.25) is 5.88 Å². The molecular weight excluding hydrogens is 408 g/mol. The zero-order chi connectivity index (χ0) is 21.4. The fourth-order valence-corrected chi connectivity index (χ4v) is 4.28. The predicted octanol–water partition coefficient (Wildman–Crippen LogP) is 3.94. The SMILES string of the molecule is CCCCOc1ccc2c(n1)C1CC(C([N+](=O)[O-])=C1c1cc(Cl)ccn1)N(C)C2=O. The minimum Gasteiger partial charge on any atom is -0.478 e. The Morgan fingerprint density at radius 3 is 2.87 bits per heavy atom. The zero-order valence-electron chi connectivity index (χ0n) is 16.7. The summed E-state index contributed by atoms with van der Waals surface area (Å²) in [6.45, 7) is 2.58. The van der Waals surface area contributed by atoms with Crippen LogP contribution in [0.2, 0.25) is 5.02 Å². The van der Waals surface area contributed by atoms with Gasteiger partial charge in [0.25, 0.3) is 11.6 Å². The van der Waals surface area contributed by atoms with Crippen LogP contribution in [0, 0.1) is 10.1 Å². The van der Waals surface area contributed by atoms with Crippen molar-refractivity contribution in [2.75, 3.05) is 13.7 Å². The Morgan fingerprint density at radius 1 is 1.37 bits per heavy atom. The Kier molecular flexibility index (Phi) is 5.42. The molecule has 9 heteroatoms. The standard InChI is InChI=1S/C21H21ClN4O4/c1-3-4-9-30-17-6-5-13-19(24-17)14-11-16(25(2)21(13)27)20(26(28)29)18(14)15-10-12(22)7-8-23-15/h5-8,10,14,16H,3-4,9,11H2,1-2H3. The van der Waals surface area contributed by atoms with Gasteiger partial charge in [-0.25, -0.2) is 4.98 Å². The van der Waals surface area contributed by atoms with Crippen molar-refractivity contribution < 1.29 is 14.5 Å². The molecule has 2 bridgehead atoms. The molecule has 0 aromatic carbocycles. The number of aromatic nitrogens is 2. The molecule has 3 heterocycles. The smallest absolute Gasteiger partial charge is 0.274 e. The van der Waals surface area contributed by atoms with Crippen LogP contribution in [-0.4, -0.2) is 45.4 Å². The van der Waals surface area contributed by atoms with Crippen molar-refractivity contribution >= 4 is 23.1 Å². The lowest BCUT2D eigenvalue weighted by Crippen LogP contribution is -2.38. The van der Waals surface area contributed by atoms with E-state index in [1.54, 1.807) is 31.3 Å².